The van der Waals surface area contributed by atoms with E-state index in [9.17, 15) is 14.5 Å². The predicted molar refractivity (Wildman–Crippen MR) is 88.1 cm³/mol. The summed E-state index contributed by atoms with van der Waals surface area (Å²) < 4.78 is 13.7. The van der Waals surface area contributed by atoms with E-state index in [1.54, 1.807) is 6.07 Å². The van der Waals surface area contributed by atoms with Gasteiger partial charge in [0, 0.05) is 25.7 Å². The number of nitro benzene ring substituents is 1. The quantitative estimate of drug-likeness (QED) is 0.662. The fraction of sp³-hybridized carbons (Fsp3) is 0.647. The number of rotatable bonds is 5. The molecule has 0 atom stereocenters. The second-order valence-electron chi connectivity index (χ2n) is 6.76. The molecule has 1 saturated heterocycles. The van der Waals surface area contributed by atoms with E-state index in [4.69, 9.17) is 0 Å². The van der Waals surface area contributed by atoms with Gasteiger partial charge in [-0.3, -0.25) is 10.1 Å². The van der Waals surface area contributed by atoms with Crippen LogP contribution in [0.1, 0.15) is 38.5 Å². The highest BCUT2D eigenvalue weighted by Gasteiger charge is 2.26. The van der Waals surface area contributed by atoms with Crippen LogP contribution in [0.25, 0.3) is 0 Å². The molecule has 1 aliphatic carbocycles. The molecule has 3 rings (SSSR count). The third-order valence-electron chi connectivity index (χ3n) is 5.11. The molecule has 0 amide bonds. The molecule has 23 heavy (non-hydrogen) atoms. The van der Waals surface area contributed by atoms with Gasteiger partial charge in [0.05, 0.1) is 4.92 Å². The molecule has 1 N–H and O–H groups in total. The Hall–Kier alpha value is -1.69. The molecule has 1 aromatic carbocycles. The number of halogens is 1. The maximum atomic E-state index is 13.7. The average Bonchev–Trinajstić information content (AvgIpc) is 3.02. The van der Waals surface area contributed by atoms with E-state index in [-0.39, 0.29) is 6.04 Å². The average molecular weight is 321 g/mol. The summed E-state index contributed by atoms with van der Waals surface area (Å²) in [5, 5.41) is 14.2. The first-order chi connectivity index (χ1) is 11.1. The van der Waals surface area contributed by atoms with Crippen LogP contribution in [0.5, 0.6) is 0 Å². The Kier molecular flexibility index (Phi) is 5.10. The molecule has 126 valence electrons. The minimum absolute atomic E-state index is 0.176. The zero-order chi connectivity index (χ0) is 16.2. The molecule has 0 radical (unpaired) electrons. The maximum Gasteiger partial charge on any atom is 0.327 e. The lowest BCUT2D eigenvalue weighted by atomic mass is 10.0. The Balaban J connectivity index is 1.54. The van der Waals surface area contributed by atoms with Crippen LogP contribution in [-0.4, -0.2) is 35.5 Å². The van der Waals surface area contributed by atoms with Gasteiger partial charge >= 0.3 is 5.69 Å². The van der Waals surface area contributed by atoms with Crippen molar-refractivity contribution >= 4 is 11.4 Å². The van der Waals surface area contributed by atoms with Gasteiger partial charge in [-0.1, -0.05) is 18.9 Å². The van der Waals surface area contributed by atoms with Crippen molar-refractivity contribution in [3.63, 3.8) is 0 Å². The Morgan fingerprint density at radius 2 is 1.91 bits per heavy atom. The van der Waals surface area contributed by atoms with Crippen molar-refractivity contribution in [2.45, 2.75) is 44.6 Å². The predicted octanol–water partition coefficient (Wildman–Crippen LogP) is 3.80. The zero-order valence-electron chi connectivity index (χ0n) is 13.3. The molecule has 6 heteroatoms. The number of nitrogens with one attached hydrogen (secondary N) is 1. The molecule has 2 aliphatic rings. The van der Waals surface area contributed by atoms with Crippen LogP contribution in [0.3, 0.4) is 0 Å². The number of anilines is 1. The summed E-state index contributed by atoms with van der Waals surface area (Å²) >= 11 is 0. The van der Waals surface area contributed by atoms with E-state index in [0.29, 0.717) is 5.69 Å². The number of hydrogen-bond acceptors (Lipinski definition) is 4. The minimum atomic E-state index is -0.779. The molecule has 1 aromatic rings. The first kappa shape index (κ1) is 16.2. The second-order valence-corrected chi connectivity index (χ2v) is 6.76. The summed E-state index contributed by atoms with van der Waals surface area (Å²) in [6.45, 7) is 3.21. The van der Waals surface area contributed by atoms with E-state index in [1.165, 1.54) is 38.3 Å². The topological polar surface area (TPSA) is 58.4 Å². The van der Waals surface area contributed by atoms with Crippen LogP contribution in [0.2, 0.25) is 0 Å². The highest BCUT2D eigenvalue weighted by molar-refractivity contribution is 5.62. The van der Waals surface area contributed by atoms with Crippen LogP contribution >= 0.6 is 0 Å². The lowest BCUT2D eigenvalue weighted by molar-refractivity contribution is -0.386. The van der Waals surface area contributed by atoms with Crippen LogP contribution in [0.15, 0.2) is 18.2 Å². The van der Waals surface area contributed by atoms with E-state index in [0.717, 1.165) is 37.9 Å². The van der Waals surface area contributed by atoms with Crippen molar-refractivity contribution in [3.05, 3.63) is 34.1 Å². The molecule has 1 aliphatic heterocycles. The molecule has 0 bridgehead atoms. The van der Waals surface area contributed by atoms with Crippen molar-refractivity contribution in [1.82, 2.24) is 4.90 Å². The van der Waals surface area contributed by atoms with Gasteiger partial charge < -0.3 is 10.2 Å². The van der Waals surface area contributed by atoms with Gasteiger partial charge in [0.15, 0.2) is 0 Å². The fourth-order valence-electron chi connectivity index (χ4n) is 3.86. The highest BCUT2D eigenvalue weighted by Crippen LogP contribution is 2.30. The molecule has 1 heterocycles. The lowest BCUT2D eigenvalue weighted by Crippen LogP contribution is -2.41. The van der Waals surface area contributed by atoms with E-state index >= 15 is 0 Å². The first-order valence-corrected chi connectivity index (χ1v) is 8.55. The van der Waals surface area contributed by atoms with Crippen LogP contribution in [-0.2, 0) is 0 Å². The zero-order valence-corrected chi connectivity index (χ0v) is 13.3. The van der Waals surface area contributed by atoms with E-state index < -0.39 is 16.4 Å². The number of likely N-dealkylation sites (tertiary alicyclic amines) is 1. The molecular weight excluding hydrogens is 297 g/mol. The van der Waals surface area contributed by atoms with Gasteiger partial charge in [-0.25, -0.2) is 0 Å². The molecule has 2 fully saturated rings. The van der Waals surface area contributed by atoms with Gasteiger partial charge in [-0.15, -0.1) is 0 Å². The molecular formula is C17H24FN3O2. The van der Waals surface area contributed by atoms with Gasteiger partial charge in [-0.05, 0) is 43.7 Å². The van der Waals surface area contributed by atoms with Gasteiger partial charge in [0.1, 0.15) is 5.69 Å². The van der Waals surface area contributed by atoms with Crippen molar-refractivity contribution < 1.29 is 9.31 Å². The Morgan fingerprint density at radius 1 is 1.22 bits per heavy atom. The van der Waals surface area contributed by atoms with Crippen molar-refractivity contribution in [2.24, 2.45) is 5.92 Å². The monoisotopic (exact) mass is 321 g/mol. The Morgan fingerprint density at radius 3 is 2.57 bits per heavy atom. The summed E-state index contributed by atoms with van der Waals surface area (Å²) in [6.07, 6.45) is 7.33. The third-order valence-corrected chi connectivity index (χ3v) is 5.11. The molecule has 0 spiro atoms. The highest BCUT2D eigenvalue weighted by atomic mass is 19.1. The number of para-hydroxylation sites is 1. The summed E-state index contributed by atoms with van der Waals surface area (Å²) in [5.41, 5.74) is -0.148. The molecule has 1 saturated carbocycles. The van der Waals surface area contributed by atoms with Gasteiger partial charge in [0.2, 0.25) is 5.82 Å². The Labute approximate surface area is 136 Å². The van der Waals surface area contributed by atoms with Crippen molar-refractivity contribution in [1.29, 1.82) is 0 Å². The van der Waals surface area contributed by atoms with E-state index in [1.807, 2.05) is 0 Å². The summed E-state index contributed by atoms with van der Waals surface area (Å²) in [4.78, 5) is 12.9. The number of nitro groups is 1. The van der Waals surface area contributed by atoms with Crippen LogP contribution in [0.4, 0.5) is 15.8 Å². The third kappa shape index (κ3) is 3.99. The van der Waals surface area contributed by atoms with Gasteiger partial charge in [-0.2, -0.15) is 4.39 Å². The molecule has 0 aromatic heterocycles. The van der Waals surface area contributed by atoms with Crippen molar-refractivity contribution in [3.8, 4) is 0 Å². The van der Waals surface area contributed by atoms with Crippen molar-refractivity contribution in [2.75, 3.05) is 25.0 Å². The number of piperidine rings is 1. The second kappa shape index (κ2) is 7.25. The minimum Gasteiger partial charge on any atom is -0.377 e. The smallest absolute Gasteiger partial charge is 0.327 e. The van der Waals surface area contributed by atoms with Crippen LogP contribution in [0, 0.1) is 21.8 Å². The maximum absolute atomic E-state index is 13.7. The Bertz CT molecular complexity index is 553. The standard InChI is InChI=1S/C17H24FN3O2/c18-15-6-3-7-16(17(15)21(22)23)19-14-8-10-20(11-9-14)12-13-4-1-2-5-13/h3,6-7,13-14,19H,1-2,4-5,8-12H2. The number of nitrogens with zero attached hydrogens (tertiary/aromatic N) is 2. The number of benzene rings is 1. The van der Waals surface area contributed by atoms with Gasteiger partial charge in [0.25, 0.3) is 0 Å². The summed E-state index contributed by atoms with van der Waals surface area (Å²) in [7, 11) is 0. The first-order valence-electron chi connectivity index (χ1n) is 8.55. The SMILES string of the molecule is O=[N+]([O-])c1c(F)cccc1NC1CCN(CC2CCCC2)CC1. The number of hydrogen-bond donors (Lipinski definition) is 1. The molecule has 0 unspecified atom stereocenters. The summed E-state index contributed by atoms with van der Waals surface area (Å²) in [6, 6.07) is 4.41. The van der Waals surface area contributed by atoms with Crippen LogP contribution < -0.4 is 5.32 Å². The van der Waals surface area contributed by atoms with E-state index in [2.05, 4.69) is 10.2 Å². The summed E-state index contributed by atoms with van der Waals surface area (Å²) in [5.74, 6) is 0.0717. The normalized spacial score (nSPS) is 20.7. The molecule has 5 nitrogen and oxygen atoms in total. The largest absolute Gasteiger partial charge is 0.377 e. The lowest BCUT2D eigenvalue weighted by Gasteiger charge is -2.34. The fourth-order valence-corrected chi connectivity index (χ4v) is 3.86.